The Morgan fingerprint density at radius 1 is 1.10 bits per heavy atom. The van der Waals surface area contributed by atoms with Crippen LogP contribution >= 0.6 is 11.3 Å². The Labute approximate surface area is 309 Å². The number of allylic oxidation sites excluding steroid dienone is 8. The van der Waals surface area contributed by atoms with Gasteiger partial charge < -0.3 is 20.4 Å². The number of nitrogens with one attached hydrogen (secondary N) is 2. The maximum atomic E-state index is 13.8. The number of aromatic nitrogens is 1. The first-order valence-electron chi connectivity index (χ1n) is 17.8. The second kappa shape index (κ2) is 16.8. The molecule has 0 aliphatic carbocycles. The molecule has 11 nitrogen and oxygen atoms in total. The van der Waals surface area contributed by atoms with Crippen molar-refractivity contribution in [3.63, 3.8) is 0 Å². The largest absolute Gasteiger partial charge is 0.347 e. The number of rotatable bonds is 11. The number of nitrogens with zero attached hydrogens (tertiary/aromatic N) is 5. The lowest BCUT2D eigenvalue weighted by Crippen LogP contribution is -2.50. The van der Waals surface area contributed by atoms with E-state index in [-0.39, 0.29) is 36.0 Å². The number of piperidine rings is 1. The van der Waals surface area contributed by atoms with Crippen LogP contribution in [-0.2, 0) is 9.59 Å². The Balaban J connectivity index is 1.34. The summed E-state index contributed by atoms with van der Waals surface area (Å²) in [6.07, 6.45) is 17.9. The highest BCUT2D eigenvalue weighted by Gasteiger charge is 2.35. The van der Waals surface area contributed by atoms with Crippen LogP contribution in [0.25, 0.3) is 10.2 Å². The molecule has 0 bridgehead atoms. The van der Waals surface area contributed by atoms with Gasteiger partial charge in [-0.25, -0.2) is 9.78 Å². The molecule has 2 atom stereocenters. The summed E-state index contributed by atoms with van der Waals surface area (Å²) in [7, 11) is 0. The van der Waals surface area contributed by atoms with Gasteiger partial charge in [0.25, 0.3) is 11.8 Å². The third kappa shape index (κ3) is 8.43. The number of urea groups is 1. The quantitative estimate of drug-likeness (QED) is 0.140. The molecule has 2 saturated heterocycles. The Kier molecular flexibility index (Phi) is 12.3. The molecule has 12 heteroatoms. The molecule has 5 amide bonds. The van der Waals surface area contributed by atoms with Crippen LogP contribution in [0.2, 0.25) is 0 Å². The molecule has 2 aromatic heterocycles. The maximum absolute atomic E-state index is 13.8. The summed E-state index contributed by atoms with van der Waals surface area (Å²) < 4.78 is 0. The number of nitriles is 1. The lowest BCUT2D eigenvalue weighted by atomic mass is 10.0. The first kappa shape index (κ1) is 38.0. The van der Waals surface area contributed by atoms with Crippen molar-refractivity contribution >= 4 is 56.7 Å². The van der Waals surface area contributed by atoms with Crippen molar-refractivity contribution in [1.29, 1.82) is 5.26 Å². The number of likely N-dealkylation sites (tertiary alicyclic amines) is 2. The van der Waals surface area contributed by atoms with Gasteiger partial charge in [0.1, 0.15) is 21.3 Å². The van der Waals surface area contributed by atoms with E-state index in [2.05, 4.69) is 42.1 Å². The molecule has 2 N–H and O–H groups in total. The minimum Gasteiger partial charge on any atom is -0.347 e. The Hall–Kier alpha value is -5.28. The first-order valence-corrected chi connectivity index (χ1v) is 18.6. The number of anilines is 2. The number of carbonyl (C=O) groups excluding carboxylic acids is 4. The van der Waals surface area contributed by atoms with Gasteiger partial charge in [-0.05, 0) is 90.0 Å². The Morgan fingerprint density at radius 2 is 1.83 bits per heavy atom. The van der Waals surface area contributed by atoms with Crippen LogP contribution < -0.4 is 15.5 Å². The van der Waals surface area contributed by atoms with Crippen molar-refractivity contribution in [2.45, 2.75) is 85.2 Å². The molecule has 3 aliphatic heterocycles. The van der Waals surface area contributed by atoms with Crippen LogP contribution in [0.3, 0.4) is 0 Å². The Bertz CT molecular complexity index is 1980. The van der Waals surface area contributed by atoms with E-state index in [0.717, 1.165) is 24.8 Å². The van der Waals surface area contributed by atoms with Gasteiger partial charge >= 0.3 is 6.03 Å². The number of hydrogen-bond donors (Lipinski definition) is 2. The molecule has 0 aromatic carbocycles. The molecule has 0 unspecified atom stereocenters. The normalized spacial score (nSPS) is 20.0. The SMILES string of the molecule is C=C(C)/C(=C\C=C(/C)CC/C(C)=C/C=C\C)N1C(=O)Nc2c(C(=O)N[C@@H]3CCCN(C(=O)/C(C#N)=C/[C@H]4CCCN4C(C)=O)C3)sc3nccc1c23. The van der Waals surface area contributed by atoms with E-state index in [4.69, 9.17) is 0 Å². The van der Waals surface area contributed by atoms with E-state index in [0.29, 0.717) is 70.1 Å². The highest BCUT2D eigenvalue weighted by atomic mass is 32.1. The first-order chi connectivity index (χ1) is 24.9. The van der Waals surface area contributed by atoms with Crippen LogP contribution in [0.15, 0.2) is 83.3 Å². The average Bonchev–Trinajstić information content (AvgIpc) is 3.75. The number of hydrogen-bond acceptors (Lipinski definition) is 7. The Morgan fingerprint density at radius 3 is 2.52 bits per heavy atom. The number of thiophene rings is 1. The van der Waals surface area contributed by atoms with Gasteiger partial charge in [-0.15, -0.1) is 11.3 Å². The maximum Gasteiger partial charge on any atom is 0.331 e. The van der Waals surface area contributed by atoms with Gasteiger partial charge in [0.2, 0.25) is 5.91 Å². The second-order valence-electron chi connectivity index (χ2n) is 13.6. The van der Waals surface area contributed by atoms with Crippen LogP contribution in [0, 0.1) is 11.3 Å². The van der Waals surface area contributed by atoms with Gasteiger partial charge in [0.15, 0.2) is 0 Å². The second-order valence-corrected chi connectivity index (χ2v) is 14.6. The molecule has 2 aromatic rings. The van der Waals surface area contributed by atoms with Crippen LogP contribution in [0.1, 0.15) is 82.8 Å². The van der Waals surface area contributed by atoms with Crippen molar-refractivity contribution < 1.29 is 19.2 Å². The molecule has 0 radical (unpaired) electrons. The summed E-state index contributed by atoms with van der Waals surface area (Å²) >= 11 is 1.20. The van der Waals surface area contributed by atoms with E-state index in [1.165, 1.54) is 23.8 Å². The smallest absolute Gasteiger partial charge is 0.331 e. The molecule has 0 saturated carbocycles. The predicted octanol–water partition coefficient (Wildman–Crippen LogP) is 7.54. The molecule has 0 spiro atoms. The molecular weight excluding hydrogens is 675 g/mol. The fourth-order valence-electron chi connectivity index (χ4n) is 6.84. The van der Waals surface area contributed by atoms with Gasteiger partial charge in [0, 0.05) is 38.8 Å². The fraction of sp³-hybridized carbons (Fsp3) is 0.400. The number of amides is 5. The van der Waals surface area contributed by atoms with Gasteiger partial charge in [0.05, 0.1) is 28.5 Å². The van der Waals surface area contributed by atoms with Crippen LogP contribution in [0.4, 0.5) is 16.2 Å². The summed E-state index contributed by atoms with van der Waals surface area (Å²) in [4.78, 5) is 63.4. The zero-order valence-electron chi connectivity index (χ0n) is 30.6. The number of pyridine rings is 1. The van der Waals surface area contributed by atoms with E-state index in [9.17, 15) is 24.4 Å². The van der Waals surface area contributed by atoms with Crippen LogP contribution in [0.5, 0.6) is 0 Å². The minimum atomic E-state index is -0.409. The summed E-state index contributed by atoms with van der Waals surface area (Å²) in [5.41, 5.74) is 4.81. The van der Waals surface area contributed by atoms with E-state index in [1.54, 1.807) is 33.0 Å². The lowest BCUT2D eigenvalue weighted by molar-refractivity contribution is -0.130. The predicted molar refractivity (Wildman–Crippen MR) is 207 cm³/mol. The van der Waals surface area contributed by atoms with Gasteiger partial charge in [-0.3, -0.25) is 19.3 Å². The summed E-state index contributed by atoms with van der Waals surface area (Å²) in [6.45, 7) is 15.0. The third-order valence-electron chi connectivity index (χ3n) is 9.60. The molecule has 52 heavy (non-hydrogen) atoms. The standard InChI is InChI=1S/C40H47N7O4S/c1-7-8-11-26(4)14-15-27(5)16-17-32(25(2)3)47-33-18-19-42-38-34(33)35(44-40(47)51)36(52-38)37(49)43-30-12-9-20-45(24-30)39(50)29(23-41)22-31-13-10-21-46(31)28(6)48/h7-8,11,16-19,22,30-31H,2,9-10,12-15,20-21,24H2,1,3-6H3,(H,43,49)(H,44,51)/b8-7-,26-11+,27-16+,29-22+,32-17+/t30-,31-/m1/s1. The molecule has 2 fully saturated rings. The van der Waals surface area contributed by atoms with Crippen LogP contribution in [-0.4, -0.2) is 70.3 Å². The van der Waals surface area contributed by atoms with Gasteiger partial charge in [-0.2, -0.15) is 5.26 Å². The molecule has 3 aliphatic rings. The monoisotopic (exact) mass is 721 g/mol. The van der Waals surface area contributed by atoms with Gasteiger partial charge in [-0.1, -0.05) is 42.0 Å². The highest BCUT2D eigenvalue weighted by molar-refractivity contribution is 7.21. The van der Waals surface area contributed by atoms with Crippen molar-refractivity contribution in [3.05, 3.63) is 88.2 Å². The highest BCUT2D eigenvalue weighted by Crippen LogP contribution is 2.45. The molecule has 272 valence electrons. The lowest BCUT2D eigenvalue weighted by Gasteiger charge is -2.33. The van der Waals surface area contributed by atoms with E-state index >= 15 is 0 Å². The third-order valence-corrected chi connectivity index (χ3v) is 10.7. The zero-order chi connectivity index (χ0) is 37.5. The zero-order valence-corrected chi connectivity index (χ0v) is 31.4. The molecule has 5 heterocycles. The van der Waals surface area contributed by atoms with E-state index in [1.807, 2.05) is 44.2 Å². The average molecular weight is 722 g/mol. The van der Waals surface area contributed by atoms with Crippen molar-refractivity contribution in [1.82, 2.24) is 20.1 Å². The summed E-state index contributed by atoms with van der Waals surface area (Å²) in [5, 5.41) is 16.6. The molecular formula is C40H47N7O4S. The van der Waals surface area contributed by atoms with E-state index < -0.39 is 11.9 Å². The minimum absolute atomic E-state index is 0.00563. The summed E-state index contributed by atoms with van der Waals surface area (Å²) in [6, 6.07) is 2.76. The fourth-order valence-corrected chi connectivity index (χ4v) is 7.86. The number of carbonyl (C=O) groups is 4. The van der Waals surface area contributed by atoms with Crippen molar-refractivity contribution in [3.8, 4) is 6.07 Å². The van der Waals surface area contributed by atoms with Crippen molar-refractivity contribution in [2.75, 3.05) is 29.9 Å². The molecule has 5 rings (SSSR count). The topological polar surface area (TPSA) is 139 Å². The van der Waals surface area contributed by atoms with Crippen molar-refractivity contribution in [2.24, 2.45) is 0 Å². The summed E-state index contributed by atoms with van der Waals surface area (Å²) in [5.74, 6) is -0.859.